The minimum absolute atomic E-state index is 0.0342. The number of carbonyl (C=O) groups excluding carboxylic acids is 2. The number of nitrogens with zero attached hydrogens (tertiary/aromatic N) is 2. The highest BCUT2D eigenvalue weighted by Crippen LogP contribution is 2.44. The number of likely N-dealkylation sites (N-methyl/N-ethyl adjacent to an activating group) is 1. The van der Waals surface area contributed by atoms with Crippen molar-refractivity contribution in [2.45, 2.75) is 24.8 Å². The Hall–Kier alpha value is -2.82. The molecule has 0 bridgehead atoms. The normalized spacial score (nSPS) is 18.1. The van der Waals surface area contributed by atoms with E-state index in [0.29, 0.717) is 13.0 Å². The molecule has 1 aliphatic carbocycles. The number of likely N-dealkylation sites (tertiary alicyclic amines) is 1. The number of amides is 2. The van der Waals surface area contributed by atoms with E-state index in [1.165, 1.54) is 22.3 Å². The van der Waals surface area contributed by atoms with Gasteiger partial charge in [-0.3, -0.25) is 9.69 Å². The maximum atomic E-state index is 12.7. The summed E-state index contributed by atoms with van der Waals surface area (Å²) in [6.45, 7) is 0.854. The Labute approximate surface area is 159 Å². The summed E-state index contributed by atoms with van der Waals surface area (Å²) in [4.78, 5) is 28.1. The van der Waals surface area contributed by atoms with Crippen LogP contribution >= 0.6 is 0 Å². The van der Waals surface area contributed by atoms with E-state index in [4.69, 9.17) is 4.74 Å². The number of benzene rings is 2. The number of carbonyl (C=O) groups is 2. The molecule has 1 aliphatic heterocycles. The van der Waals surface area contributed by atoms with Crippen LogP contribution in [0.25, 0.3) is 11.1 Å². The molecule has 1 atom stereocenters. The standard InChI is InChI=1S/C22H24N2O3/c1-23(2)21(25)20-12-7-13-24(20)22(26)27-14-19-17-10-5-3-8-15(17)16-9-4-6-11-18(16)19/h3-6,8-11,19-20H,7,12-14H2,1-2H3. The quantitative estimate of drug-likeness (QED) is 0.838. The molecule has 4 rings (SSSR count). The van der Waals surface area contributed by atoms with Crippen LogP contribution in [-0.4, -0.2) is 55.1 Å². The van der Waals surface area contributed by atoms with Crippen LogP contribution in [0.2, 0.25) is 0 Å². The summed E-state index contributed by atoms with van der Waals surface area (Å²) >= 11 is 0. The molecular weight excluding hydrogens is 340 g/mol. The molecule has 140 valence electrons. The Kier molecular flexibility index (Phi) is 4.60. The fourth-order valence-electron chi connectivity index (χ4n) is 4.22. The summed E-state index contributed by atoms with van der Waals surface area (Å²) in [7, 11) is 3.44. The molecule has 0 N–H and O–H groups in total. The van der Waals surface area contributed by atoms with Crippen LogP contribution in [0.15, 0.2) is 48.5 Å². The number of fused-ring (bicyclic) bond motifs is 3. The van der Waals surface area contributed by atoms with Gasteiger partial charge < -0.3 is 9.64 Å². The molecule has 1 heterocycles. The van der Waals surface area contributed by atoms with Gasteiger partial charge in [0.1, 0.15) is 12.6 Å². The van der Waals surface area contributed by atoms with Crippen molar-refractivity contribution in [1.29, 1.82) is 0 Å². The first-order valence-corrected chi connectivity index (χ1v) is 9.40. The molecule has 1 unspecified atom stereocenters. The second-order valence-corrected chi connectivity index (χ2v) is 7.39. The zero-order valence-corrected chi connectivity index (χ0v) is 15.7. The molecule has 5 heteroatoms. The molecule has 2 aliphatic rings. The van der Waals surface area contributed by atoms with Crippen molar-refractivity contribution in [3.63, 3.8) is 0 Å². The lowest BCUT2D eigenvalue weighted by atomic mass is 9.98. The second kappa shape index (κ2) is 7.06. The van der Waals surface area contributed by atoms with Crippen molar-refractivity contribution in [3.8, 4) is 11.1 Å². The van der Waals surface area contributed by atoms with E-state index in [0.717, 1.165) is 6.42 Å². The average molecular weight is 364 g/mol. The van der Waals surface area contributed by atoms with Crippen LogP contribution < -0.4 is 0 Å². The van der Waals surface area contributed by atoms with E-state index in [9.17, 15) is 9.59 Å². The minimum Gasteiger partial charge on any atom is -0.448 e. The monoisotopic (exact) mass is 364 g/mol. The highest BCUT2D eigenvalue weighted by molar-refractivity contribution is 5.86. The second-order valence-electron chi connectivity index (χ2n) is 7.39. The Morgan fingerprint density at radius 1 is 1.04 bits per heavy atom. The fraction of sp³-hybridized carbons (Fsp3) is 0.364. The molecule has 2 aromatic rings. The topological polar surface area (TPSA) is 49.9 Å². The summed E-state index contributed by atoms with van der Waals surface area (Å²) in [5.74, 6) is -0.00652. The molecule has 0 saturated carbocycles. The number of hydrogen-bond donors (Lipinski definition) is 0. The van der Waals surface area contributed by atoms with E-state index < -0.39 is 12.1 Å². The molecule has 1 fully saturated rings. The number of hydrogen-bond acceptors (Lipinski definition) is 3. The molecular formula is C22H24N2O3. The van der Waals surface area contributed by atoms with Crippen LogP contribution in [-0.2, 0) is 9.53 Å². The Bertz CT molecular complexity index is 832. The third kappa shape index (κ3) is 3.07. The van der Waals surface area contributed by atoms with Gasteiger partial charge in [-0.15, -0.1) is 0 Å². The summed E-state index contributed by atoms with van der Waals surface area (Å²) in [6, 6.07) is 16.1. The van der Waals surface area contributed by atoms with E-state index >= 15 is 0 Å². The van der Waals surface area contributed by atoms with Crippen molar-refractivity contribution in [2.24, 2.45) is 0 Å². The Balaban J connectivity index is 1.50. The zero-order valence-electron chi connectivity index (χ0n) is 15.7. The van der Waals surface area contributed by atoms with Crippen LogP contribution in [0, 0.1) is 0 Å². The van der Waals surface area contributed by atoms with Gasteiger partial charge in [-0.1, -0.05) is 48.5 Å². The largest absolute Gasteiger partial charge is 0.448 e. The van der Waals surface area contributed by atoms with Crippen LogP contribution in [0.3, 0.4) is 0 Å². The summed E-state index contributed by atoms with van der Waals surface area (Å²) < 4.78 is 5.70. The van der Waals surface area contributed by atoms with Gasteiger partial charge >= 0.3 is 6.09 Å². The van der Waals surface area contributed by atoms with Gasteiger partial charge in [-0.25, -0.2) is 4.79 Å². The number of ether oxygens (including phenoxy) is 1. The van der Waals surface area contributed by atoms with Gasteiger partial charge in [0.15, 0.2) is 0 Å². The molecule has 27 heavy (non-hydrogen) atoms. The first-order chi connectivity index (χ1) is 13.1. The first-order valence-electron chi connectivity index (χ1n) is 9.40. The van der Waals surface area contributed by atoms with E-state index in [1.54, 1.807) is 23.9 Å². The fourth-order valence-corrected chi connectivity index (χ4v) is 4.22. The molecule has 1 saturated heterocycles. The van der Waals surface area contributed by atoms with Gasteiger partial charge in [-0.2, -0.15) is 0 Å². The van der Waals surface area contributed by atoms with E-state index in [1.807, 2.05) is 24.3 Å². The van der Waals surface area contributed by atoms with Gasteiger partial charge in [-0.05, 0) is 35.1 Å². The maximum absolute atomic E-state index is 12.7. The van der Waals surface area contributed by atoms with E-state index in [2.05, 4.69) is 24.3 Å². The Morgan fingerprint density at radius 2 is 1.63 bits per heavy atom. The van der Waals surface area contributed by atoms with Crippen LogP contribution in [0.4, 0.5) is 4.79 Å². The van der Waals surface area contributed by atoms with Crippen LogP contribution in [0.1, 0.15) is 29.9 Å². The molecule has 0 spiro atoms. The SMILES string of the molecule is CN(C)C(=O)C1CCCN1C(=O)OCC1c2ccccc2-c2ccccc21. The third-order valence-corrected chi connectivity index (χ3v) is 5.55. The van der Waals surface area contributed by atoms with Gasteiger partial charge in [0, 0.05) is 26.6 Å². The molecule has 2 aromatic carbocycles. The lowest BCUT2D eigenvalue weighted by molar-refractivity contribution is -0.133. The predicted octanol–water partition coefficient (Wildman–Crippen LogP) is 3.49. The maximum Gasteiger partial charge on any atom is 0.410 e. The van der Waals surface area contributed by atoms with Gasteiger partial charge in [0.2, 0.25) is 5.91 Å². The van der Waals surface area contributed by atoms with Gasteiger partial charge in [0.25, 0.3) is 0 Å². The smallest absolute Gasteiger partial charge is 0.410 e. The highest BCUT2D eigenvalue weighted by atomic mass is 16.6. The molecule has 5 nitrogen and oxygen atoms in total. The predicted molar refractivity (Wildman–Crippen MR) is 103 cm³/mol. The molecule has 2 amide bonds. The third-order valence-electron chi connectivity index (χ3n) is 5.55. The van der Waals surface area contributed by atoms with Gasteiger partial charge in [0.05, 0.1) is 0 Å². The summed E-state index contributed by atoms with van der Waals surface area (Å²) in [6.07, 6.45) is 1.13. The average Bonchev–Trinajstić information content (AvgIpc) is 3.29. The van der Waals surface area contributed by atoms with E-state index in [-0.39, 0.29) is 18.4 Å². The molecule has 0 radical (unpaired) electrons. The molecule has 0 aromatic heterocycles. The van der Waals surface area contributed by atoms with Crippen molar-refractivity contribution in [1.82, 2.24) is 9.80 Å². The van der Waals surface area contributed by atoms with Crippen molar-refractivity contribution < 1.29 is 14.3 Å². The van der Waals surface area contributed by atoms with Crippen molar-refractivity contribution in [3.05, 3.63) is 59.7 Å². The summed E-state index contributed by atoms with van der Waals surface area (Å²) in [5, 5.41) is 0. The first kappa shape index (κ1) is 17.6. The highest BCUT2D eigenvalue weighted by Gasteiger charge is 2.37. The van der Waals surface area contributed by atoms with Crippen LogP contribution in [0.5, 0.6) is 0 Å². The lowest BCUT2D eigenvalue weighted by Gasteiger charge is -2.26. The summed E-state index contributed by atoms with van der Waals surface area (Å²) in [5.41, 5.74) is 4.79. The minimum atomic E-state index is -0.407. The van der Waals surface area contributed by atoms with Crippen molar-refractivity contribution >= 4 is 12.0 Å². The van der Waals surface area contributed by atoms with Crippen molar-refractivity contribution in [2.75, 3.05) is 27.2 Å². The lowest BCUT2D eigenvalue weighted by Crippen LogP contribution is -2.45. The zero-order chi connectivity index (χ0) is 19.0. The number of rotatable bonds is 3. The Morgan fingerprint density at radius 3 is 2.22 bits per heavy atom.